The third-order valence-electron chi connectivity index (χ3n) is 3.92. The lowest BCUT2D eigenvalue weighted by Crippen LogP contribution is -2.02. The minimum absolute atomic E-state index is 0.283. The van der Waals surface area contributed by atoms with E-state index in [1.807, 2.05) is 6.07 Å². The average Bonchev–Trinajstić information content (AvgIpc) is 2.63. The summed E-state index contributed by atoms with van der Waals surface area (Å²) in [6.45, 7) is 3.19. The van der Waals surface area contributed by atoms with E-state index < -0.39 is 0 Å². The highest BCUT2D eigenvalue weighted by Gasteiger charge is 2.20. The quantitative estimate of drug-likeness (QED) is 0.802. The maximum atomic E-state index is 12.2. The molecule has 100 valence electrons. The predicted octanol–water partition coefficient (Wildman–Crippen LogP) is 4.72. The third kappa shape index (κ3) is 2.25. The molecule has 0 saturated carbocycles. The Hall–Kier alpha value is -1.09. The van der Waals surface area contributed by atoms with Gasteiger partial charge in [-0.2, -0.15) is 0 Å². The van der Waals surface area contributed by atoms with Gasteiger partial charge in [-0.25, -0.2) is 0 Å². The molecule has 0 saturated heterocycles. The summed E-state index contributed by atoms with van der Waals surface area (Å²) in [5, 5.41) is 1.20. The first kappa shape index (κ1) is 12.9. The van der Waals surface area contributed by atoms with Gasteiger partial charge in [0.25, 0.3) is 0 Å². The van der Waals surface area contributed by atoms with E-state index in [0.29, 0.717) is 6.42 Å². The average molecular weight is 320 g/mol. The standard InChI is InChI=1S/C16H18BrNO/c1-2-3-5-13-9-11-8-12(17)10-14-15(19)6-4-7-18(13)16(11)14/h8-10H,2-7H2,1H3. The molecular weight excluding hydrogens is 302 g/mol. The van der Waals surface area contributed by atoms with Gasteiger partial charge in [0.1, 0.15) is 0 Å². The molecule has 0 radical (unpaired) electrons. The number of nitrogens with zero attached hydrogens (tertiary/aromatic N) is 1. The second kappa shape index (κ2) is 5.12. The molecule has 1 aliphatic rings. The van der Waals surface area contributed by atoms with E-state index in [0.717, 1.165) is 34.9 Å². The van der Waals surface area contributed by atoms with Gasteiger partial charge >= 0.3 is 0 Å². The summed E-state index contributed by atoms with van der Waals surface area (Å²) in [7, 11) is 0. The maximum absolute atomic E-state index is 12.2. The van der Waals surface area contributed by atoms with Crippen LogP contribution >= 0.6 is 15.9 Å². The Kier molecular flexibility index (Phi) is 3.48. The van der Waals surface area contributed by atoms with Crippen LogP contribution in [0, 0.1) is 0 Å². The Balaban J connectivity index is 2.23. The largest absolute Gasteiger partial charge is 0.344 e. The molecule has 0 unspecified atom stereocenters. The van der Waals surface area contributed by atoms with Crippen LogP contribution in [0.1, 0.15) is 48.7 Å². The van der Waals surface area contributed by atoms with Crippen molar-refractivity contribution in [2.45, 2.75) is 45.6 Å². The molecule has 0 aliphatic carbocycles. The number of rotatable bonds is 3. The number of hydrogen-bond acceptors (Lipinski definition) is 1. The van der Waals surface area contributed by atoms with Crippen molar-refractivity contribution in [1.29, 1.82) is 0 Å². The van der Waals surface area contributed by atoms with Crippen molar-refractivity contribution in [3.05, 3.63) is 33.9 Å². The first-order valence-corrected chi connectivity index (χ1v) is 7.85. The molecule has 0 atom stereocenters. The number of halogens is 1. The van der Waals surface area contributed by atoms with Crippen LogP contribution in [0.5, 0.6) is 0 Å². The number of ketones is 1. The lowest BCUT2D eigenvalue weighted by Gasteiger charge is -2.08. The summed E-state index contributed by atoms with van der Waals surface area (Å²) in [5.74, 6) is 0.283. The van der Waals surface area contributed by atoms with Crippen molar-refractivity contribution in [1.82, 2.24) is 4.57 Å². The van der Waals surface area contributed by atoms with Gasteiger partial charge in [-0.3, -0.25) is 4.79 Å². The Morgan fingerprint density at radius 2 is 2.16 bits per heavy atom. The summed E-state index contributed by atoms with van der Waals surface area (Å²) in [6.07, 6.45) is 5.14. The van der Waals surface area contributed by atoms with Gasteiger partial charge in [0.05, 0.1) is 5.52 Å². The van der Waals surface area contributed by atoms with Gasteiger partial charge in [0.15, 0.2) is 5.78 Å². The number of Topliss-reactive ketones (excluding diaryl/α,β-unsaturated/α-hetero) is 1. The van der Waals surface area contributed by atoms with E-state index in [-0.39, 0.29) is 5.78 Å². The molecule has 1 aliphatic heterocycles. The molecule has 2 aromatic rings. The number of aryl methyl sites for hydroxylation is 2. The van der Waals surface area contributed by atoms with E-state index in [1.165, 1.54) is 23.9 Å². The van der Waals surface area contributed by atoms with Crippen LogP contribution in [0.3, 0.4) is 0 Å². The molecule has 3 heteroatoms. The highest BCUT2D eigenvalue weighted by molar-refractivity contribution is 9.10. The molecule has 19 heavy (non-hydrogen) atoms. The zero-order chi connectivity index (χ0) is 13.4. The van der Waals surface area contributed by atoms with Crippen LogP contribution in [0.15, 0.2) is 22.7 Å². The summed E-state index contributed by atoms with van der Waals surface area (Å²) >= 11 is 3.53. The van der Waals surface area contributed by atoms with Crippen LogP contribution in [0.4, 0.5) is 0 Å². The Labute approximate surface area is 121 Å². The number of hydrogen-bond donors (Lipinski definition) is 0. The Bertz CT molecular complexity index is 642. The van der Waals surface area contributed by atoms with Crippen molar-refractivity contribution in [3.63, 3.8) is 0 Å². The minimum atomic E-state index is 0.283. The molecule has 0 bridgehead atoms. The number of aromatic nitrogens is 1. The fourth-order valence-electron chi connectivity index (χ4n) is 3.00. The number of unbranched alkanes of at least 4 members (excludes halogenated alkanes) is 1. The number of carbonyl (C=O) groups is 1. The molecular formula is C16H18BrNO. The normalized spacial score (nSPS) is 14.9. The van der Waals surface area contributed by atoms with E-state index in [9.17, 15) is 4.79 Å². The van der Waals surface area contributed by atoms with Crippen molar-refractivity contribution < 1.29 is 4.79 Å². The third-order valence-corrected chi connectivity index (χ3v) is 4.37. The van der Waals surface area contributed by atoms with Crippen molar-refractivity contribution >= 4 is 32.6 Å². The predicted molar refractivity (Wildman–Crippen MR) is 81.8 cm³/mol. The lowest BCUT2D eigenvalue weighted by molar-refractivity contribution is 0.0982. The fourth-order valence-corrected chi connectivity index (χ4v) is 3.47. The Morgan fingerprint density at radius 1 is 1.32 bits per heavy atom. The first-order valence-electron chi connectivity index (χ1n) is 7.05. The van der Waals surface area contributed by atoms with Crippen LogP contribution < -0.4 is 0 Å². The van der Waals surface area contributed by atoms with Gasteiger partial charge in [-0.05, 0) is 37.5 Å². The van der Waals surface area contributed by atoms with Gasteiger partial charge < -0.3 is 4.57 Å². The number of benzene rings is 1. The van der Waals surface area contributed by atoms with Gasteiger partial charge in [-0.15, -0.1) is 0 Å². The summed E-state index contributed by atoms with van der Waals surface area (Å²) < 4.78 is 3.38. The second-order valence-electron chi connectivity index (χ2n) is 5.31. The summed E-state index contributed by atoms with van der Waals surface area (Å²) in [5.41, 5.74) is 3.42. The zero-order valence-electron chi connectivity index (χ0n) is 11.2. The van der Waals surface area contributed by atoms with Crippen molar-refractivity contribution in [2.75, 3.05) is 0 Å². The van der Waals surface area contributed by atoms with Crippen molar-refractivity contribution in [2.24, 2.45) is 0 Å². The number of carbonyl (C=O) groups excluding carboxylic acids is 1. The highest BCUT2D eigenvalue weighted by Crippen LogP contribution is 2.31. The molecule has 0 fully saturated rings. The summed E-state index contributed by atoms with van der Waals surface area (Å²) in [4.78, 5) is 12.2. The van der Waals surface area contributed by atoms with E-state index in [2.05, 4.69) is 39.6 Å². The topological polar surface area (TPSA) is 22.0 Å². The monoisotopic (exact) mass is 319 g/mol. The van der Waals surface area contributed by atoms with E-state index in [4.69, 9.17) is 0 Å². The molecule has 0 N–H and O–H groups in total. The molecule has 2 heterocycles. The minimum Gasteiger partial charge on any atom is -0.344 e. The van der Waals surface area contributed by atoms with Crippen LogP contribution in [-0.2, 0) is 13.0 Å². The van der Waals surface area contributed by atoms with Crippen LogP contribution in [-0.4, -0.2) is 10.4 Å². The SMILES string of the molecule is CCCCc1cc2cc(Br)cc3c2n1CCCC3=O. The summed E-state index contributed by atoms with van der Waals surface area (Å²) in [6, 6.07) is 6.37. The smallest absolute Gasteiger partial charge is 0.165 e. The van der Waals surface area contributed by atoms with Gasteiger partial charge in [0, 0.05) is 34.1 Å². The fraction of sp³-hybridized carbons (Fsp3) is 0.438. The maximum Gasteiger partial charge on any atom is 0.165 e. The van der Waals surface area contributed by atoms with E-state index >= 15 is 0 Å². The zero-order valence-corrected chi connectivity index (χ0v) is 12.8. The molecule has 3 rings (SSSR count). The van der Waals surface area contributed by atoms with E-state index in [1.54, 1.807) is 0 Å². The Morgan fingerprint density at radius 3 is 2.95 bits per heavy atom. The molecule has 0 spiro atoms. The molecule has 1 aromatic heterocycles. The van der Waals surface area contributed by atoms with Gasteiger partial charge in [0.2, 0.25) is 0 Å². The van der Waals surface area contributed by atoms with Crippen LogP contribution in [0.25, 0.3) is 10.9 Å². The second-order valence-corrected chi connectivity index (χ2v) is 6.22. The van der Waals surface area contributed by atoms with Crippen molar-refractivity contribution in [3.8, 4) is 0 Å². The molecule has 1 aromatic carbocycles. The molecule has 0 amide bonds. The first-order chi connectivity index (χ1) is 9.20. The molecule has 2 nitrogen and oxygen atoms in total. The highest BCUT2D eigenvalue weighted by atomic mass is 79.9. The van der Waals surface area contributed by atoms with Gasteiger partial charge in [-0.1, -0.05) is 29.3 Å². The lowest BCUT2D eigenvalue weighted by atomic mass is 10.1. The van der Waals surface area contributed by atoms with Crippen LogP contribution in [0.2, 0.25) is 0 Å².